The quantitative estimate of drug-likeness (QED) is 0.714. The van der Waals surface area contributed by atoms with Crippen molar-refractivity contribution in [2.45, 2.75) is 12.8 Å². The fourth-order valence-corrected chi connectivity index (χ4v) is 3.45. The first kappa shape index (κ1) is 18.7. The zero-order valence-corrected chi connectivity index (χ0v) is 16.4. The molecule has 2 aromatic carbocycles. The predicted molar refractivity (Wildman–Crippen MR) is 111 cm³/mol. The number of carbonyl (C=O) groups excluding carboxylic acids is 1. The summed E-state index contributed by atoms with van der Waals surface area (Å²) in [6.07, 6.45) is 5.24. The second kappa shape index (κ2) is 8.18. The Labute approximate surface area is 169 Å². The van der Waals surface area contributed by atoms with Crippen LogP contribution in [-0.4, -0.2) is 36.6 Å². The van der Waals surface area contributed by atoms with Crippen molar-refractivity contribution in [2.24, 2.45) is 0 Å². The number of para-hydroxylation sites is 1. The highest BCUT2D eigenvalue weighted by molar-refractivity contribution is 6.03. The molecule has 0 aliphatic carbocycles. The van der Waals surface area contributed by atoms with Crippen LogP contribution in [0.4, 0.5) is 17.2 Å². The monoisotopic (exact) mass is 390 g/mol. The molecule has 7 nitrogen and oxygen atoms in total. The van der Waals surface area contributed by atoms with Crippen LogP contribution in [0.15, 0.2) is 54.9 Å². The lowest BCUT2D eigenvalue weighted by Gasteiger charge is -2.30. The summed E-state index contributed by atoms with van der Waals surface area (Å²) in [7, 11) is 3.11. The molecule has 0 saturated carbocycles. The molecule has 1 N–H and O–H groups in total. The lowest BCUT2D eigenvalue weighted by molar-refractivity contribution is 0.102. The van der Waals surface area contributed by atoms with E-state index in [1.807, 2.05) is 12.1 Å². The molecule has 4 rings (SSSR count). The van der Waals surface area contributed by atoms with Crippen LogP contribution in [0.3, 0.4) is 0 Å². The maximum absolute atomic E-state index is 12.6. The molecule has 0 saturated heterocycles. The van der Waals surface area contributed by atoms with Gasteiger partial charge in [0.1, 0.15) is 17.2 Å². The number of ether oxygens (including phenoxy) is 2. The lowest BCUT2D eigenvalue weighted by atomic mass is 10.0. The first-order chi connectivity index (χ1) is 14.2. The molecular weight excluding hydrogens is 368 g/mol. The number of methoxy groups -OCH3 is 2. The van der Waals surface area contributed by atoms with Gasteiger partial charge in [0.05, 0.1) is 32.3 Å². The highest BCUT2D eigenvalue weighted by Crippen LogP contribution is 2.32. The molecule has 29 heavy (non-hydrogen) atoms. The van der Waals surface area contributed by atoms with E-state index >= 15 is 0 Å². The summed E-state index contributed by atoms with van der Waals surface area (Å²) in [5.41, 5.74) is 3.18. The van der Waals surface area contributed by atoms with Crippen molar-refractivity contribution in [3.8, 4) is 11.5 Å². The normalized spacial score (nSPS) is 12.8. The van der Waals surface area contributed by atoms with Gasteiger partial charge in [-0.15, -0.1) is 0 Å². The average molecular weight is 390 g/mol. The number of fused-ring (bicyclic) bond motifs is 1. The number of nitrogens with one attached hydrogen (secondary N) is 1. The third kappa shape index (κ3) is 3.85. The van der Waals surface area contributed by atoms with Crippen molar-refractivity contribution in [1.29, 1.82) is 0 Å². The van der Waals surface area contributed by atoms with E-state index < -0.39 is 0 Å². The van der Waals surface area contributed by atoms with Crippen LogP contribution in [0.2, 0.25) is 0 Å². The van der Waals surface area contributed by atoms with Crippen LogP contribution in [-0.2, 0) is 6.42 Å². The van der Waals surface area contributed by atoms with Crippen molar-refractivity contribution in [1.82, 2.24) is 9.97 Å². The molecule has 0 atom stereocenters. The summed E-state index contributed by atoms with van der Waals surface area (Å²) in [6, 6.07) is 13.5. The Kier molecular flexibility index (Phi) is 5.29. The number of benzene rings is 2. The van der Waals surface area contributed by atoms with Crippen LogP contribution >= 0.6 is 0 Å². The van der Waals surface area contributed by atoms with Crippen molar-refractivity contribution < 1.29 is 14.3 Å². The Morgan fingerprint density at radius 1 is 1.07 bits per heavy atom. The van der Waals surface area contributed by atoms with Crippen molar-refractivity contribution in [2.75, 3.05) is 31.0 Å². The number of rotatable bonds is 5. The van der Waals surface area contributed by atoms with E-state index in [0.29, 0.717) is 17.2 Å². The van der Waals surface area contributed by atoms with Gasteiger partial charge in [-0.3, -0.25) is 4.79 Å². The van der Waals surface area contributed by atoms with Gasteiger partial charge in [0.15, 0.2) is 5.82 Å². The van der Waals surface area contributed by atoms with E-state index in [0.717, 1.165) is 30.9 Å². The van der Waals surface area contributed by atoms with Gasteiger partial charge >= 0.3 is 0 Å². The first-order valence-electron chi connectivity index (χ1n) is 9.40. The number of amides is 1. The first-order valence-corrected chi connectivity index (χ1v) is 9.40. The SMILES string of the molecule is COc1ccc(OC)c(NC(=O)c2cnc(N3CCCc4ccccc43)cn2)c1. The Hall–Kier alpha value is -3.61. The summed E-state index contributed by atoms with van der Waals surface area (Å²) in [4.78, 5) is 23.6. The number of anilines is 3. The van der Waals surface area contributed by atoms with Crippen molar-refractivity contribution in [3.63, 3.8) is 0 Å². The summed E-state index contributed by atoms with van der Waals surface area (Å²) in [6.45, 7) is 0.873. The summed E-state index contributed by atoms with van der Waals surface area (Å²) >= 11 is 0. The number of hydrogen-bond acceptors (Lipinski definition) is 6. The highest BCUT2D eigenvalue weighted by atomic mass is 16.5. The molecule has 1 aliphatic rings. The van der Waals surface area contributed by atoms with Crippen LogP contribution in [0, 0.1) is 0 Å². The molecule has 1 aromatic heterocycles. The van der Waals surface area contributed by atoms with Crippen molar-refractivity contribution in [3.05, 3.63) is 66.1 Å². The molecule has 0 bridgehead atoms. The summed E-state index contributed by atoms with van der Waals surface area (Å²) < 4.78 is 10.5. The number of aromatic nitrogens is 2. The largest absolute Gasteiger partial charge is 0.497 e. The van der Waals surface area contributed by atoms with Gasteiger partial charge in [-0.05, 0) is 36.6 Å². The Morgan fingerprint density at radius 2 is 1.93 bits per heavy atom. The zero-order valence-electron chi connectivity index (χ0n) is 16.4. The average Bonchev–Trinajstić information content (AvgIpc) is 2.78. The fourth-order valence-electron chi connectivity index (χ4n) is 3.45. The van der Waals surface area contributed by atoms with Crippen molar-refractivity contribution >= 4 is 23.1 Å². The fraction of sp³-hybridized carbons (Fsp3) is 0.227. The zero-order chi connectivity index (χ0) is 20.2. The van der Waals surface area contributed by atoms with Gasteiger partial charge in [0.2, 0.25) is 0 Å². The van der Waals surface area contributed by atoms with E-state index in [9.17, 15) is 4.79 Å². The van der Waals surface area contributed by atoms with Gasteiger partial charge in [-0.25, -0.2) is 9.97 Å². The van der Waals surface area contributed by atoms with Gasteiger partial charge in [-0.1, -0.05) is 18.2 Å². The van der Waals surface area contributed by atoms with E-state index in [1.165, 1.54) is 11.8 Å². The molecular formula is C22H22N4O3. The molecule has 148 valence electrons. The predicted octanol–water partition coefficient (Wildman–Crippen LogP) is 3.83. The number of carbonyl (C=O) groups is 1. The standard InChI is InChI=1S/C22H22N4O3/c1-28-16-9-10-20(29-2)17(12-16)25-22(27)18-13-24-21(14-23-18)26-11-5-7-15-6-3-4-8-19(15)26/h3-4,6,8-10,12-14H,5,7,11H2,1-2H3,(H,25,27). The molecule has 1 amide bonds. The number of hydrogen-bond donors (Lipinski definition) is 1. The van der Waals surface area contributed by atoms with E-state index in [4.69, 9.17) is 9.47 Å². The molecule has 0 unspecified atom stereocenters. The van der Waals surface area contributed by atoms with Crippen LogP contribution in [0.25, 0.3) is 0 Å². The van der Waals surface area contributed by atoms with Gasteiger partial charge in [0.25, 0.3) is 5.91 Å². The molecule has 0 radical (unpaired) electrons. The van der Waals surface area contributed by atoms with E-state index in [-0.39, 0.29) is 11.6 Å². The van der Waals surface area contributed by atoms with E-state index in [2.05, 4.69) is 32.3 Å². The minimum Gasteiger partial charge on any atom is -0.497 e. The maximum Gasteiger partial charge on any atom is 0.275 e. The van der Waals surface area contributed by atoms with Crippen LogP contribution < -0.4 is 19.7 Å². The lowest BCUT2D eigenvalue weighted by Crippen LogP contribution is -2.25. The minimum atomic E-state index is -0.366. The van der Waals surface area contributed by atoms with Gasteiger partial charge < -0.3 is 19.7 Å². The summed E-state index contributed by atoms with van der Waals surface area (Å²) in [5.74, 6) is 1.52. The van der Waals surface area contributed by atoms with Gasteiger partial charge in [-0.2, -0.15) is 0 Å². The topological polar surface area (TPSA) is 76.6 Å². The molecule has 0 fully saturated rings. The Balaban J connectivity index is 1.54. The molecule has 2 heterocycles. The Bertz CT molecular complexity index is 1020. The second-order valence-corrected chi connectivity index (χ2v) is 6.66. The number of nitrogens with zero attached hydrogens (tertiary/aromatic N) is 3. The van der Waals surface area contributed by atoms with Gasteiger partial charge in [0, 0.05) is 18.3 Å². The number of aryl methyl sites for hydroxylation is 1. The molecule has 1 aliphatic heterocycles. The van der Waals surface area contributed by atoms with E-state index in [1.54, 1.807) is 38.6 Å². The molecule has 0 spiro atoms. The third-order valence-corrected chi connectivity index (χ3v) is 4.91. The molecule has 7 heteroatoms. The summed E-state index contributed by atoms with van der Waals surface area (Å²) in [5, 5.41) is 2.81. The van der Waals surface area contributed by atoms with Crippen LogP contribution in [0.5, 0.6) is 11.5 Å². The second-order valence-electron chi connectivity index (χ2n) is 6.66. The van der Waals surface area contributed by atoms with Crippen LogP contribution in [0.1, 0.15) is 22.5 Å². The maximum atomic E-state index is 12.6. The minimum absolute atomic E-state index is 0.226. The Morgan fingerprint density at radius 3 is 2.69 bits per heavy atom. The third-order valence-electron chi connectivity index (χ3n) is 4.91. The smallest absolute Gasteiger partial charge is 0.275 e. The molecule has 3 aromatic rings. The highest BCUT2D eigenvalue weighted by Gasteiger charge is 2.20.